The predicted molar refractivity (Wildman–Crippen MR) is 58.4 cm³/mol. The maximum atomic E-state index is 11.8. The van der Waals surface area contributed by atoms with Gasteiger partial charge >= 0.3 is 0 Å². The maximum absolute atomic E-state index is 11.8. The Morgan fingerprint density at radius 2 is 2.22 bits per heavy atom. The molecule has 0 saturated carbocycles. The Morgan fingerprint density at radius 3 is 2.78 bits per heavy atom. The van der Waals surface area contributed by atoms with Gasteiger partial charge in [-0.3, -0.25) is 0 Å². The van der Waals surface area contributed by atoms with Gasteiger partial charge in [0.2, 0.25) is 0 Å². The van der Waals surface area contributed by atoms with Crippen LogP contribution in [0.15, 0.2) is 23.4 Å². The second-order valence-corrected chi connectivity index (χ2v) is 5.03. The second-order valence-electron chi connectivity index (χ2n) is 3.32. The Balaban J connectivity index is 2.09. The molecule has 0 amide bonds. The SMILES string of the molecule is O=S(=O)(NCc1nn[nH]n1)c1ccc(CO)cn1. The van der Waals surface area contributed by atoms with E-state index in [1.54, 1.807) is 0 Å². The molecule has 96 valence electrons. The molecule has 2 rings (SSSR count). The molecule has 3 N–H and O–H groups in total. The van der Waals surface area contributed by atoms with E-state index in [0.29, 0.717) is 5.56 Å². The molecule has 10 heteroatoms. The highest BCUT2D eigenvalue weighted by Crippen LogP contribution is 2.06. The van der Waals surface area contributed by atoms with E-state index in [-0.39, 0.29) is 24.0 Å². The lowest BCUT2D eigenvalue weighted by Crippen LogP contribution is -2.24. The molecule has 0 aromatic carbocycles. The fourth-order valence-corrected chi connectivity index (χ4v) is 2.06. The van der Waals surface area contributed by atoms with E-state index in [9.17, 15) is 8.42 Å². The number of nitrogens with one attached hydrogen (secondary N) is 2. The largest absolute Gasteiger partial charge is 0.392 e. The number of H-pyrrole nitrogens is 1. The monoisotopic (exact) mass is 270 g/mol. The molecule has 0 aliphatic carbocycles. The van der Waals surface area contributed by atoms with Crippen molar-refractivity contribution >= 4 is 10.0 Å². The Bertz CT molecular complexity index is 594. The minimum atomic E-state index is -3.73. The summed E-state index contributed by atoms with van der Waals surface area (Å²) in [4.78, 5) is 3.75. The van der Waals surface area contributed by atoms with E-state index < -0.39 is 10.0 Å². The molecule has 0 fully saturated rings. The van der Waals surface area contributed by atoms with E-state index in [0.717, 1.165) is 0 Å². The van der Waals surface area contributed by atoms with Gasteiger partial charge in [0.15, 0.2) is 10.9 Å². The van der Waals surface area contributed by atoms with Crippen LogP contribution in [0.1, 0.15) is 11.4 Å². The second kappa shape index (κ2) is 5.16. The van der Waals surface area contributed by atoms with E-state index in [4.69, 9.17) is 5.11 Å². The van der Waals surface area contributed by atoms with E-state index in [1.807, 2.05) is 0 Å². The van der Waals surface area contributed by atoms with Crippen LogP contribution in [0.25, 0.3) is 0 Å². The number of nitrogens with zero attached hydrogens (tertiary/aromatic N) is 4. The van der Waals surface area contributed by atoms with Gasteiger partial charge in [-0.05, 0) is 11.6 Å². The molecule has 0 atom stereocenters. The fourth-order valence-electron chi connectivity index (χ4n) is 1.15. The summed E-state index contributed by atoms with van der Waals surface area (Å²) in [6.07, 6.45) is 1.29. The first-order valence-corrected chi connectivity index (χ1v) is 6.38. The highest BCUT2D eigenvalue weighted by Gasteiger charge is 2.16. The Hall–Kier alpha value is -1.91. The molecule has 0 spiro atoms. The van der Waals surface area contributed by atoms with Gasteiger partial charge in [0.1, 0.15) is 0 Å². The van der Waals surface area contributed by atoms with Gasteiger partial charge in [-0.25, -0.2) is 18.1 Å². The number of hydrogen-bond acceptors (Lipinski definition) is 7. The Kier molecular flexibility index (Phi) is 3.60. The van der Waals surface area contributed by atoms with Crippen LogP contribution in [0.5, 0.6) is 0 Å². The highest BCUT2D eigenvalue weighted by molar-refractivity contribution is 7.89. The van der Waals surface area contributed by atoms with Gasteiger partial charge in [0.25, 0.3) is 10.0 Å². The number of aliphatic hydroxyl groups excluding tert-OH is 1. The third-order valence-corrected chi connectivity index (χ3v) is 3.38. The van der Waals surface area contributed by atoms with Crippen LogP contribution in [-0.2, 0) is 23.2 Å². The van der Waals surface area contributed by atoms with Crippen molar-refractivity contribution in [3.05, 3.63) is 29.7 Å². The molecule has 0 aliphatic heterocycles. The quantitative estimate of drug-likeness (QED) is 0.606. The highest BCUT2D eigenvalue weighted by atomic mass is 32.2. The number of hydrogen-bond donors (Lipinski definition) is 3. The first-order valence-electron chi connectivity index (χ1n) is 4.89. The van der Waals surface area contributed by atoms with Crippen LogP contribution < -0.4 is 4.72 Å². The van der Waals surface area contributed by atoms with E-state index >= 15 is 0 Å². The van der Waals surface area contributed by atoms with Crippen LogP contribution in [0.3, 0.4) is 0 Å². The predicted octanol–water partition coefficient (Wildman–Crippen LogP) is -1.43. The lowest BCUT2D eigenvalue weighted by atomic mass is 10.3. The molecule has 0 saturated heterocycles. The molecular formula is C8H10N6O3S. The average molecular weight is 270 g/mol. The summed E-state index contributed by atoms with van der Waals surface area (Å²) < 4.78 is 25.9. The van der Waals surface area contributed by atoms with Crippen LogP contribution in [0.2, 0.25) is 0 Å². The molecule has 0 unspecified atom stereocenters. The van der Waals surface area contributed by atoms with Gasteiger partial charge in [-0.2, -0.15) is 5.21 Å². The van der Waals surface area contributed by atoms with E-state index in [1.165, 1.54) is 18.3 Å². The van der Waals surface area contributed by atoms with Crippen molar-refractivity contribution in [2.75, 3.05) is 0 Å². The lowest BCUT2D eigenvalue weighted by Gasteiger charge is -2.04. The summed E-state index contributed by atoms with van der Waals surface area (Å²) in [5, 5.41) is 21.4. The number of aromatic nitrogens is 5. The first kappa shape index (κ1) is 12.5. The molecular weight excluding hydrogens is 260 g/mol. The summed E-state index contributed by atoms with van der Waals surface area (Å²) in [5.74, 6) is 0.227. The van der Waals surface area contributed by atoms with Crippen molar-refractivity contribution in [3.63, 3.8) is 0 Å². The lowest BCUT2D eigenvalue weighted by molar-refractivity contribution is 0.281. The van der Waals surface area contributed by atoms with Crippen LogP contribution in [0, 0.1) is 0 Å². The molecule has 0 bridgehead atoms. The van der Waals surface area contributed by atoms with Gasteiger partial charge in [0, 0.05) is 6.20 Å². The first-order chi connectivity index (χ1) is 8.62. The summed E-state index contributed by atoms with van der Waals surface area (Å²) in [6, 6.07) is 2.79. The Morgan fingerprint density at radius 1 is 1.39 bits per heavy atom. The van der Waals surface area contributed by atoms with Crippen molar-refractivity contribution in [2.45, 2.75) is 18.2 Å². The van der Waals surface area contributed by atoms with Crippen molar-refractivity contribution in [1.82, 2.24) is 30.3 Å². The summed E-state index contributed by atoms with van der Waals surface area (Å²) in [6.45, 7) is -0.272. The third kappa shape index (κ3) is 2.85. The zero-order valence-corrected chi connectivity index (χ0v) is 9.92. The molecule has 18 heavy (non-hydrogen) atoms. The van der Waals surface area contributed by atoms with Crippen LogP contribution in [0.4, 0.5) is 0 Å². The number of tetrazole rings is 1. The smallest absolute Gasteiger partial charge is 0.258 e. The van der Waals surface area contributed by atoms with Crippen molar-refractivity contribution in [3.8, 4) is 0 Å². The summed E-state index contributed by atoms with van der Waals surface area (Å²) in [5.41, 5.74) is 0.534. The summed E-state index contributed by atoms with van der Waals surface area (Å²) >= 11 is 0. The number of aliphatic hydroxyl groups is 1. The standard InChI is InChI=1S/C8H10N6O3S/c15-5-6-1-2-8(9-3-6)18(16,17)10-4-7-11-13-14-12-7/h1-3,10,15H,4-5H2,(H,11,12,13,14). The van der Waals surface area contributed by atoms with Gasteiger partial charge in [0.05, 0.1) is 13.2 Å². The van der Waals surface area contributed by atoms with Gasteiger partial charge < -0.3 is 5.11 Å². The number of pyridine rings is 1. The van der Waals surface area contributed by atoms with Crippen molar-refractivity contribution in [1.29, 1.82) is 0 Å². The van der Waals surface area contributed by atoms with Crippen molar-refractivity contribution in [2.24, 2.45) is 0 Å². The molecule has 2 aromatic heterocycles. The van der Waals surface area contributed by atoms with E-state index in [2.05, 4.69) is 30.3 Å². The minimum absolute atomic E-state index is 0.0811. The van der Waals surface area contributed by atoms with Crippen LogP contribution in [-0.4, -0.2) is 39.1 Å². The fraction of sp³-hybridized carbons (Fsp3) is 0.250. The maximum Gasteiger partial charge on any atom is 0.258 e. The molecule has 0 aliphatic rings. The van der Waals surface area contributed by atoms with Gasteiger partial charge in [-0.1, -0.05) is 11.3 Å². The molecule has 9 nitrogen and oxygen atoms in total. The average Bonchev–Trinajstić information content (AvgIpc) is 2.90. The minimum Gasteiger partial charge on any atom is -0.392 e. The number of aromatic amines is 1. The molecule has 2 aromatic rings. The topological polar surface area (TPSA) is 134 Å². The number of sulfonamides is 1. The zero-order chi connectivity index (χ0) is 13.0. The third-order valence-electron chi connectivity index (χ3n) is 2.07. The zero-order valence-electron chi connectivity index (χ0n) is 9.11. The molecule has 0 radical (unpaired) electrons. The van der Waals surface area contributed by atoms with Crippen molar-refractivity contribution < 1.29 is 13.5 Å². The van der Waals surface area contributed by atoms with Gasteiger partial charge in [-0.15, -0.1) is 10.2 Å². The summed E-state index contributed by atoms with van der Waals surface area (Å²) in [7, 11) is -3.73. The Labute approximate surface area is 102 Å². The molecule has 2 heterocycles. The normalized spacial score (nSPS) is 11.6. The number of rotatable bonds is 5. The van der Waals surface area contributed by atoms with Crippen LogP contribution >= 0.6 is 0 Å².